The van der Waals surface area contributed by atoms with Crippen LogP contribution in [0.1, 0.15) is 24.4 Å². The summed E-state index contributed by atoms with van der Waals surface area (Å²) in [4.78, 5) is 8.68. The number of rotatable bonds is 4. The number of hydrogen-bond acceptors (Lipinski definition) is 3. The van der Waals surface area contributed by atoms with E-state index >= 15 is 0 Å². The zero-order valence-electron chi connectivity index (χ0n) is 9.06. The fraction of sp³-hybridized carbons (Fsp3) is 0.500. The smallest absolute Gasteiger partial charge is 0.0766 e. The second-order valence-electron chi connectivity index (χ2n) is 3.99. The first-order valence-electron chi connectivity index (χ1n) is 5.48. The molecule has 1 aromatic rings. The van der Waals surface area contributed by atoms with Crippen molar-refractivity contribution in [2.75, 3.05) is 13.6 Å². The summed E-state index contributed by atoms with van der Waals surface area (Å²) < 4.78 is 0. The first-order valence-corrected chi connectivity index (χ1v) is 5.48. The molecule has 15 heavy (non-hydrogen) atoms. The van der Waals surface area contributed by atoms with Crippen molar-refractivity contribution in [1.82, 2.24) is 10.3 Å². The summed E-state index contributed by atoms with van der Waals surface area (Å²) in [7, 11) is 1.99. The minimum absolute atomic E-state index is 0.334. The van der Waals surface area contributed by atoms with Crippen LogP contribution in [0.2, 0.25) is 0 Å². The third-order valence-corrected chi connectivity index (χ3v) is 2.84. The van der Waals surface area contributed by atoms with E-state index < -0.39 is 0 Å². The molecular formula is C12H17N3. The van der Waals surface area contributed by atoms with Gasteiger partial charge in [0.15, 0.2) is 0 Å². The number of pyridine rings is 1. The van der Waals surface area contributed by atoms with E-state index in [1.54, 1.807) is 6.20 Å². The summed E-state index contributed by atoms with van der Waals surface area (Å²) in [5, 5.41) is 3.18. The lowest BCUT2D eigenvalue weighted by Gasteiger charge is -2.09. The SMILES string of the molecule is CNCCC1C=NC(c2cccnc2)C1. The average molecular weight is 203 g/mol. The van der Waals surface area contributed by atoms with E-state index in [9.17, 15) is 0 Å². The lowest BCUT2D eigenvalue weighted by molar-refractivity contribution is 0.545. The number of nitrogens with one attached hydrogen (secondary N) is 1. The molecule has 0 saturated carbocycles. The largest absolute Gasteiger partial charge is 0.320 e. The summed E-state index contributed by atoms with van der Waals surface area (Å²) in [5.74, 6) is 0.627. The van der Waals surface area contributed by atoms with Crippen LogP contribution in [0.4, 0.5) is 0 Å². The van der Waals surface area contributed by atoms with Crippen LogP contribution in [-0.2, 0) is 0 Å². The van der Waals surface area contributed by atoms with Gasteiger partial charge in [0.1, 0.15) is 0 Å². The predicted molar refractivity (Wildman–Crippen MR) is 62.1 cm³/mol. The molecule has 1 aliphatic rings. The molecule has 0 bridgehead atoms. The van der Waals surface area contributed by atoms with Crippen LogP contribution in [0.5, 0.6) is 0 Å². The Balaban J connectivity index is 1.91. The molecule has 1 aromatic heterocycles. The average Bonchev–Trinajstić information content (AvgIpc) is 2.76. The summed E-state index contributed by atoms with van der Waals surface area (Å²) in [6.45, 7) is 1.07. The number of aromatic nitrogens is 1. The zero-order chi connectivity index (χ0) is 10.5. The van der Waals surface area contributed by atoms with Gasteiger partial charge in [-0.25, -0.2) is 0 Å². The van der Waals surface area contributed by atoms with Crippen molar-refractivity contribution in [2.45, 2.75) is 18.9 Å². The van der Waals surface area contributed by atoms with Gasteiger partial charge in [0.25, 0.3) is 0 Å². The molecule has 2 atom stereocenters. The lowest BCUT2D eigenvalue weighted by Crippen LogP contribution is -2.12. The van der Waals surface area contributed by atoms with Crippen molar-refractivity contribution >= 4 is 6.21 Å². The van der Waals surface area contributed by atoms with Gasteiger partial charge in [-0.15, -0.1) is 0 Å². The van der Waals surface area contributed by atoms with Gasteiger partial charge in [0, 0.05) is 18.6 Å². The first kappa shape index (κ1) is 10.3. The second-order valence-corrected chi connectivity index (χ2v) is 3.99. The van der Waals surface area contributed by atoms with Crippen molar-refractivity contribution in [3.8, 4) is 0 Å². The normalized spacial score (nSPS) is 24.6. The highest BCUT2D eigenvalue weighted by Crippen LogP contribution is 2.30. The third-order valence-electron chi connectivity index (χ3n) is 2.84. The Hall–Kier alpha value is -1.22. The summed E-state index contributed by atoms with van der Waals surface area (Å²) in [6, 6.07) is 4.42. The van der Waals surface area contributed by atoms with E-state index in [0.29, 0.717) is 12.0 Å². The van der Waals surface area contributed by atoms with Gasteiger partial charge in [-0.05, 0) is 44.0 Å². The molecule has 0 fully saturated rings. The Morgan fingerprint density at radius 2 is 2.47 bits per heavy atom. The van der Waals surface area contributed by atoms with E-state index in [1.165, 1.54) is 12.0 Å². The fourth-order valence-corrected chi connectivity index (χ4v) is 1.95. The van der Waals surface area contributed by atoms with Crippen LogP contribution >= 0.6 is 0 Å². The van der Waals surface area contributed by atoms with E-state index in [0.717, 1.165) is 13.0 Å². The fourth-order valence-electron chi connectivity index (χ4n) is 1.95. The maximum absolute atomic E-state index is 4.55. The maximum Gasteiger partial charge on any atom is 0.0766 e. The highest BCUT2D eigenvalue weighted by Gasteiger charge is 2.21. The molecular weight excluding hydrogens is 186 g/mol. The maximum atomic E-state index is 4.55. The molecule has 3 heteroatoms. The van der Waals surface area contributed by atoms with E-state index in [4.69, 9.17) is 0 Å². The van der Waals surface area contributed by atoms with Crippen molar-refractivity contribution in [3.05, 3.63) is 30.1 Å². The number of nitrogens with zero attached hydrogens (tertiary/aromatic N) is 2. The van der Waals surface area contributed by atoms with Gasteiger partial charge in [-0.3, -0.25) is 9.98 Å². The van der Waals surface area contributed by atoms with Gasteiger partial charge < -0.3 is 5.32 Å². The van der Waals surface area contributed by atoms with Gasteiger partial charge in [-0.1, -0.05) is 6.07 Å². The molecule has 0 spiro atoms. The van der Waals surface area contributed by atoms with Gasteiger partial charge >= 0.3 is 0 Å². The van der Waals surface area contributed by atoms with Gasteiger partial charge in [0.05, 0.1) is 6.04 Å². The summed E-state index contributed by atoms with van der Waals surface area (Å²) in [5.41, 5.74) is 1.24. The van der Waals surface area contributed by atoms with Crippen LogP contribution < -0.4 is 5.32 Å². The van der Waals surface area contributed by atoms with Crippen LogP contribution in [0.15, 0.2) is 29.5 Å². The molecule has 2 rings (SSSR count). The Morgan fingerprint density at radius 1 is 1.53 bits per heavy atom. The predicted octanol–water partition coefficient (Wildman–Crippen LogP) is 1.82. The second kappa shape index (κ2) is 5.03. The quantitative estimate of drug-likeness (QED) is 0.810. The highest BCUT2D eigenvalue weighted by atomic mass is 14.8. The molecule has 0 amide bonds. The van der Waals surface area contributed by atoms with E-state index in [1.807, 2.05) is 19.3 Å². The Kier molecular flexibility index (Phi) is 3.45. The molecule has 0 aromatic carbocycles. The molecule has 1 N–H and O–H groups in total. The molecule has 0 aliphatic carbocycles. The van der Waals surface area contributed by atoms with Crippen LogP contribution in [0.3, 0.4) is 0 Å². The highest BCUT2D eigenvalue weighted by molar-refractivity contribution is 5.64. The van der Waals surface area contributed by atoms with Crippen LogP contribution in [-0.4, -0.2) is 24.8 Å². The molecule has 2 unspecified atom stereocenters. The van der Waals surface area contributed by atoms with Crippen LogP contribution in [0, 0.1) is 5.92 Å². The van der Waals surface area contributed by atoms with Crippen molar-refractivity contribution in [3.63, 3.8) is 0 Å². The monoisotopic (exact) mass is 203 g/mol. The van der Waals surface area contributed by atoms with E-state index in [-0.39, 0.29) is 0 Å². The van der Waals surface area contributed by atoms with Gasteiger partial charge in [-0.2, -0.15) is 0 Å². The summed E-state index contributed by atoms with van der Waals surface area (Å²) in [6.07, 6.45) is 8.14. The van der Waals surface area contributed by atoms with E-state index in [2.05, 4.69) is 27.6 Å². The third kappa shape index (κ3) is 2.63. The first-order chi connectivity index (χ1) is 7.40. The summed E-state index contributed by atoms with van der Waals surface area (Å²) >= 11 is 0. The lowest BCUT2D eigenvalue weighted by atomic mass is 9.98. The molecule has 0 radical (unpaired) electrons. The topological polar surface area (TPSA) is 37.3 Å². The Bertz CT molecular complexity index is 321. The molecule has 2 heterocycles. The Labute approximate surface area is 90.6 Å². The molecule has 0 saturated heterocycles. The minimum atomic E-state index is 0.334. The van der Waals surface area contributed by atoms with Crippen molar-refractivity contribution < 1.29 is 0 Å². The number of hydrogen-bond donors (Lipinski definition) is 1. The molecule has 80 valence electrons. The Morgan fingerprint density at radius 3 is 3.20 bits per heavy atom. The van der Waals surface area contributed by atoms with Crippen molar-refractivity contribution in [2.24, 2.45) is 10.9 Å². The zero-order valence-corrected chi connectivity index (χ0v) is 9.06. The minimum Gasteiger partial charge on any atom is -0.320 e. The standard InChI is InChI=1S/C12H17N3/c1-13-6-4-10-7-12(15-8-10)11-3-2-5-14-9-11/h2-3,5,8-10,12-13H,4,6-7H2,1H3. The number of aliphatic imine (C=N–C) groups is 1. The van der Waals surface area contributed by atoms with Crippen molar-refractivity contribution in [1.29, 1.82) is 0 Å². The molecule has 1 aliphatic heterocycles. The van der Waals surface area contributed by atoms with Crippen LogP contribution in [0.25, 0.3) is 0 Å². The molecule has 3 nitrogen and oxygen atoms in total. The van der Waals surface area contributed by atoms with Gasteiger partial charge in [0.2, 0.25) is 0 Å².